The third kappa shape index (κ3) is 6.82. The van der Waals surface area contributed by atoms with Crippen molar-refractivity contribution in [3.05, 3.63) is 78.4 Å². The predicted molar refractivity (Wildman–Crippen MR) is 133 cm³/mol. The van der Waals surface area contributed by atoms with Gasteiger partial charge in [0.2, 0.25) is 5.91 Å². The van der Waals surface area contributed by atoms with E-state index in [0.29, 0.717) is 25.1 Å². The highest BCUT2D eigenvalue weighted by Crippen LogP contribution is 2.25. The number of carbonyl (C=O) groups is 2. The van der Waals surface area contributed by atoms with E-state index in [4.69, 9.17) is 4.74 Å². The topological polar surface area (TPSA) is 58.6 Å². The Balaban J connectivity index is 1.78. The van der Waals surface area contributed by atoms with Crippen LogP contribution in [0.2, 0.25) is 0 Å². The van der Waals surface area contributed by atoms with Crippen LogP contribution >= 0.6 is 0 Å². The molecule has 0 unspecified atom stereocenters. The van der Waals surface area contributed by atoms with E-state index in [1.165, 1.54) is 0 Å². The molecule has 5 heteroatoms. The summed E-state index contributed by atoms with van der Waals surface area (Å²) in [5.41, 5.74) is 0.745. The first-order valence-electron chi connectivity index (χ1n) is 11.5. The molecule has 0 fully saturated rings. The summed E-state index contributed by atoms with van der Waals surface area (Å²) in [6, 6.07) is 23.2. The van der Waals surface area contributed by atoms with Crippen molar-refractivity contribution in [3.8, 4) is 5.75 Å². The van der Waals surface area contributed by atoms with Crippen LogP contribution in [0.3, 0.4) is 0 Å². The van der Waals surface area contributed by atoms with Gasteiger partial charge in [0.15, 0.2) is 6.61 Å². The minimum absolute atomic E-state index is 0.123. The second-order valence-electron chi connectivity index (χ2n) is 9.25. The standard InChI is InChI=1S/C28H34N2O3/c1-5-24(27(32)29-28(2,3)4)30(19-18-21-12-7-6-8-13-21)26(31)20-33-25-17-11-15-22-14-9-10-16-23(22)25/h6-17,24H,5,18-20H2,1-4H3,(H,29,32)/t24-/m0/s1. The number of amides is 2. The smallest absolute Gasteiger partial charge is 0.261 e. The molecule has 0 aliphatic heterocycles. The van der Waals surface area contributed by atoms with E-state index >= 15 is 0 Å². The summed E-state index contributed by atoms with van der Waals surface area (Å²) in [7, 11) is 0. The zero-order valence-electron chi connectivity index (χ0n) is 20.0. The van der Waals surface area contributed by atoms with Crippen LogP contribution < -0.4 is 10.1 Å². The van der Waals surface area contributed by atoms with Crippen molar-refractivity contribution in [1.82, 2.24) is 10.2 Å². The third-order valence-electron chi connectivity index (χ3n) is 5.47. The van der Waals surface area contributed by atoms with Crippen LogP contribution in [0, 0.1) is 0 Å². The second-order valence-corrected chi connectivity index (χ2v) is 9.25. The van der Waals surface area contributed by atoms with E-state index < -0.39 is 6.04 Å². The molecular weight excluding hydrogens is 412 g/mol. The minimum atomic E-state index is -0.559. The number of hydrogen-bond acceptors (Lipinski definition) is 3. The van der Waals surface area contributed by atoms with Crippen LogP contribution in [0.4, 0.5) is 0 Å². The molecule has 0 aliphatic carbocycles. The first-order valence-corrected chi connectivity index (χ1v) is 11.5. The van der Waals surface area contributed by atoms with Gasteiger partial charge in [0.1, 0.15) is 11.8 Å². The van der Waals surface area contributed by atoms with E-state index in [2.05, 4.69) is 5.32 Å². The van der Waals surface area contributed by atoms with Crippen molar-refractivity contribution >= 4 is 22.6 Å². The normalized spacial score (nSPS) is 12.2. The first kappa shape index (κ1) is 24.3. The Morgan fingerprint density at radius 3 is 2.30 bits per heavy atom. The summed E-state index contributed by atoms with van der Waals surface area (Å²) in [5.74, 6) is 0.322. The zero-order chi connectivity index (χ0) is 23.8. The van der Waals surface area contributed by atoms with Crippen LogP contribution in [0.15, 0.2) is 72.8 Å². The van der Waals surface area contributed by atoms with Gasteiger partial charge in [0.05, 0.1) is 0 Å². The number of nitrogens with zero attached hydrogens (tertiary/aromatic N) is 1. The van der Waals surface area contributed by atoms with Crippen LogP contribution in [0.5, 0.6) is 5.75 Å². The number of nitrogens with one attached hydrogen (secondary N) is 1. The zero-order valence-corrected chi connectivity index (χ0v) is 20.0. The average molecular weight is 447 g/mol. The van der Waals surface area contributed by atoms with Gasteiger partial charge in [-0.2, -0.15) is 0 Å². The van der Waals surface area contributed by atoms with Crippen molar-refractivity contribution in [2.45, 2.75) is 52.1 Å². The number of benzene rings is 3. The van der Waals surface area contributed by atoms with E-state index in [0.717, 1.165) is 16.3 Å². The molecule has 0 radical (unpaired) electrons. The molecule has 174 valence electrons. The summed E-state index contributed by atoms with van der Waals surface area (Å²) in [5, 5.41) is 5.04. The molecule has 0 saturated heterocycles. The summed E-state index contributed by atoms with van der Waals surface area (Å²) in [6.07, 6.45) is 1.19. The lowest BCUT2D eigenvalue weighted by Gasteiger charge is -2.33. The Bertz CT molecular complexity index is 1070. The molecule has 1 atom stereocenters. The lowest BCUT2D eigenvalue weighted by molar-refractivity contribution is -0.142. The molecule has 2 amide bonds. The van der Waals surface area contributed by atoms with Crippen molar-refractivity contribution in [2.75, 3.05) is 13.2 Å². The monoisotopic (exact) mass is 446 g/mol. The molecule has 0 bridgehead atoms. The molecule has 0 heterocycles. The molecule has 0 spiro atoms. The fraction of sp³-hybridized carbons (Fsp3) is 0.357. The van der Waals surface area contributed by atoms with E-state index in [9.17, 15) is 9.59 Å². The molecule has 0 aromatic heterocycles. The summed E-state index contributed by atoms with van der Waals surface area (Å²) in [6.45, 7) is 8.08. The molecule has 3 aromatic rings. The lowest BCUT2D eigenvalue weighted by Crippen LogP contribution is -2.54. The van der Waals surface area contributed by atoms with Crippen LogP contribution in [0.25, 0.3) is 10.8 Å². The number of hydrogen-bond donors (Lipinski definition) is 1. The maximum absolute atomic E-state index is 13.4. The number of ether oxygens (including phenoxy) is 1. The van der Waals surface area contributed by atoms with Gasteiger partial charge in [0.25, 0.3) is 5.91 Å². The fourth-order valence-electron chi connectivity index (χ4n) is 3.89. The number of carbonyl (C=O) groups excluding carboxylic acids is 2. The quantitative estimate of drug-likeness (QED) is 0.504. The summed E-state index contributed by atoms with van der Waals surface area (Å²) >= 11 is 0. The highest BCUT2D eigenvalue weighted by molar-refractivity contribution is 5.90. The molecule has 0 saturated carbocycles. The van der Waals surface area contributed by atoms with Gasteiger partial charge in [-0.15, -0.1) is 0 Å². The molecule has 1 N–H and O–H groups in total. The Labute approximate surface area is 196 Å². The second kappa shape index (κ2) is 11.0. The lowest BCUT2D eigenvalue weighted by atomic mass is 10.1. The van der Waals surface area contributed by atoms with Crippen molar-refractivity contribution in [1.29, 1.82) is 0 Å². The predicted octanol–water partition coefficient (Wildman–Crippen LogP) is 4.98. The van der Waals surface area contributed by atoms with Gasteiger partial charge < -0.3 is 15.0 Å². The third-order valence-corrected chi connectivity index (χ3v) is 5.47. The van der Waals surface area contributed by atoms with Gasteiger partial charge in [-0.1, -0.05) is 73.7 Å². The molecular formula is C28H34N2O3. The van der Waals surface area contributed by atoms with Crippen molar-refractivity contribution in [2.24, 2.45) is 0 Å². The molecule has 0 aliphatic rings. The first-order chi connectivity index (χ1) is 15.8. The molecule has 5 nitrogen and oxygen atoms in total. The summed E-state index contributed by atoms with van der Waals surface area (Å²) < 4.78 is 5.97. The Kier molecular flexibility index (Phi) is 8.10. The average Bonchev–Trinajstić information content (AvgIpc) is 2.79. The molecule has 3 rings (SSSR count). The number of fused-ring (bicyclic) bond motifs is 1. The summed E-state index contributed by atoms with van der Waals surface area (Å²) in [4.78, 5) is 28.1. The van der Waals surface area contributed by atoms with Crippen LogP contribution in [-0.2, 0) is 16.0 Å². The maximum atomic E-state index is 13.4. The van der Waals surface area contributed by atoms with E-state index in [1.807, 2.05) is 100 Å². The Morgan fingerprint density at radius 2 is 1.61 bits per heavy atom. The minimum Gasteiger partial charge on any atom is -0.483 e. The van der Waals surface area contributed by atoms with Gasteiger partial charge >= 0.3 is 0 Å². The van der Waals surface area contributed by atoms with Gasteiger partial charge in [-0.05, 0) is 50.6 Å². The van der Waals surface area contributed by atoms with E-state index in [1.54, 1.807) is 4.90 Å². The van der Waals surface area contributed by atoms with Gasteiger partial charge in [0, 0.05) is 17.5 Å². The highest BCUT2D eigenvalue weighted by Gasteiger charge is 2.30. The van der Waals surface area contributed by atoms with Crippen LogP contribution in [0.1, 0.15) is 39.7 Å². The molecule has 33 heavy (non-hydrogen) atoms. The highest BCUT2D eigenvalue weighted by atomic mass is 16.5. The van der Waals surface area contributed by atoms with Crippen molar-refractivity contribution in [3.63, 3.8) is 0 Å². The van der Waals surface area contributed by atoms with E-state index in [-0.39, 0.29) is 24.0 Å². The molecule has 3 aromatic carbocycles. The largest absolute Gasteiger partial charge is 0.483 e. The maximum Gasteiger partial charge on any atom is 0.261 e. The van der Waals surface area contributed by atoms with Crippen molar-refractivity contribution < 1.29 is 14.3 Å². The Hall–Kier alpha value is -3.34. The van der Waals surface area contributed by atoms with Gasteiger partial charge in [-0.25, -0.2) is 0 Å². The number of rotatable bonds is 9. The SMILES string of the molecule is CC[C@@H](C(=O)NC(C)(C)C)N(CCc1ccccc1)C(=O)COc1cccc2ccccc12. The van der Waals surface area contributed by atoms with Gasteiger partial charge in [-0.3, -0.25) is 9.59 Å². The Morgan fingerprint density at radius 1 is 0.939 bits per heavy atom. The van der Waals surface area contributed by atoms with Crippen LogP contribution in [-0.4, -0.2) is 41.4 Å². The fourth-order valence-corrected chi connectivity index (χ4v) is 3.89.